The Labute approximate surface area is 105 Å². The van der Waals surface area contributed by atoms with Gasteiger partial charge in [0.15, 0.2) is 0 Å². The van der Waals surface area contributed by atoms with E-state index >= 15 is 0 Å². The second kappa shape index (κ2) is 5.35. The maximum atomic E-state index is 11.8. The van der Waals surface area contributed by atoms with Crippen molar-refractivity contribution in [3.63, 3.8) is 0 Å². The Morgan fingerprint density at radius 2 is 2.33 bits per heavy atom. The molecule has 1 aromatic carbocycles. The van der Waals surface area contributed by atoms with E-state index in [-0.39, 0.29) is 18.1 Å². The van der Waals surface area contributed by atoms with Crippen LogP contribution in [-0.2, 0) is 17.8 Å². The zero-order chi connectivity index (χ0) is 13.0. The smallest absolute Gasteiger partial charge is 0.228 e. The van der Waals surface area contributed by atoms with E-state index < -0.39 is 0 Å². The lowest BCUT2D eigenvalue weighted by Crippen LogP contribution is -2.13. The zero-order valence-corrected chi connectivity index (χ0v) is 10.1. The molecule has 0 fully saturated rings. The van der Waals surface area contributed by atoms with Crippen molar-refractivity contribution in [1.82, 2.24) is 9.78 Å². The van der Waals surface area contributed by atoms with Crippen molar-refractivity contribution >= 4 is 11.6 Å². The number of amides is 1. The lowest BCUT2D eigenvalue weighted by molar-refractivity contribution is -0.115. The molecule has 0 atom stereocenters. The summed E-state index contributed by atoms with van der Waals surface area (Å²) < 4.78 is 1.74. The highest BCUT2D eigenvalue weighted by Crippen LogP contribution is 2.12. The number of carbonyl (C=O) groups excluding carboxylic acids is 1. The Kier molecular flexibility index (Phi) is 3.62. The molecule has 18 heavy (non-hydrogen) atoms. The number of nitrogens with one attached hydrogen (secondary N) is 1. The van der Waals surface area contributed by atoms with Crippen molar-refractivity contribution in [2.24, 2.45) is 0 Å². The van der Waals surface area contributed by atoms with E-state index in [0.29, 0.717) is 5.69 Å². The van der Waals surface area contributed by atoms with E-state index in [1.165, 1.54) is 0 Å². The topological polar surface area (TPSA) is 67.2 Å². The van der Waals surface area contributed by atoms with Crippen molar-refractivity contribution in [3.05, 3.63) is 42.2 Å². The molecule has 0 aliphatic rings. The average molecular weight is 245 g/mol. The highest BCUT2D eigenvalue weighted by molar-refractivity contribution is 5.92. The molecule has 2 N–H and O–H groups in total. The van der Waals surface area contributed by atoms with E-state index in [9.17, 15) is 9.90 Å². The number of phenols is 1. The lowest BCUT2D eigenvalue weighted by atomic mass is 10.1. The number of aromatic hydroxyl groups is 1. The van der Waals surface area contributed by atoms with Crippen LogP contribution in [0.4, 0.5) is 5.69 Å². The summed E-state index contributed by atoms with van der Waals surface area (Å²) in [6.45, 7) is 2.74. The van der Waals surface area contributed by atoms with Gasteiger partial charge in [-0.25, -0.2) is 0 Å². The second-order valence-electron chi connectivity index (χ2n) is 3.98. The number of hydrogen-bond acceptors (Lipinski definition) is 3. The van der Waals surface area contributed by atoms with Crippen LogP contribution in [0, 0.1) is 0 Å². The van der Waals surface area contributed by atoms with Crippen LogP contribution in [0.5, 0.6) is 5.75 Å². The Balaban J connectivity index is 1.96. The van der Waals surface area contributed by atoms with Gasteiger partial charge in [0.2, 0.25) is 5.91 Å². The molecule has 1 heterocycles. The summed E-state index contributed by atoms with van der Waals surface area (Å²) in [5.41, 5.74) is 1.46. The largest absolute Gasteiger partial charge is 0.508 e. The molecular weight excluding hydrogens is 230 g/mol. The van der Waals surface area contributed by atoms with Crippen LogP contribution in [0.15, 0.2) is 36.7 Å². The molecule has 5 nitrogen and oxygen atoms in total. The monoisotopic (exact) mass is 245 g/mol. The van der Waals surface area contributed by atoms with Gasteiger partial charge in [0, 0.05) is 12.7 Å². The first-order valence-corrected chi connectivity index (χ1v) is 5.77. The van der Waals surface area contributed by atoms with Gasteiger partial charge in [-0.2, -0.15) is 5.10 Å². The van der Waals surface area contributed by atoms with E-state index in [1.807, 2.05) is 6.92 Å². The molecule has 0 saturated heterocycles. The summed E-state index contributed by atoms with van der Waals surface area (Å²) in [6.07, 6.45) is 3.62. The Hall–Kier alpha value is -2.30. The van der Waals surface area contributed by atoms with Crippen LogP contribution in [0.3, 0.4) is 0 Å². The molecule has 94 valence electrons. The molecule has 0 spiro atoms. The van der Waals surface area contributed by atoms with Crippen LogP contribution in [-0.4, -0.2) is 20.8 Å². The molecule has 0 unspecified atom stereocenters. The van der Waals surface area contributed by atoms with Crippen molar-refractivity contribution in [3.8, 4) is 5.75 Å². The number of aromatic nitrogens is 2. The maximum absolute atomic E-state index is 11.8. The summed E-state index contributed by atoms with van der Waals surface area (Å²) in [6, 6.07) is 6.67. The number of carbonyl (C=O) groups is 1. The highest BCUT2D eigenvalue weighted by Gasteiger charge is 2.06. The lowest BCUT2D eigenvalue weighted by Gasteiger charge is -2.03. The van der Waals surface area contributed by atoms with Crippen molar-refractivity contribution in [2.75, 3.05) is 5.32 Å². The van der Waals surface area contributed by atoms with Gasteiger partial charge in [-0.1, -0.05) is 12.1 Å². The summed E-state index contributed by atoms with van der Waals surface area (Å²) >= 11 is 0. The number of aryl methyl sites for hydroxylation is 1. The van der Waals surface area contributed by atoms with Gasteiger partial charge in [-0.3, -0.25) is 9.48 Å². The third kappa shape index (κ3) is 3.10. The Morgan fingerprint density at radius 3 is 3.00 bits per heavy atom. The van der Waals surface area contributed by atoms with E-state index in [0.717, 1.165) is 12.1 Å². The molecule has 0 bridgehead atoms. The number of hydrogen-bond donors (Lipinski definition) is 2. The van der Waals surface area contributed by atoms with Crippen molar-refractivity contribution in [2.45, 2.75) is 19.9 Å². The molecule has 0 aliphatic carbocycles. The van der Waals surface area contributed by atoms with Gasteiger partial charge >= 0.3 is 0 Å². The highest BCUT2D eigenvalue weighted by atomic mass is 16.3. The molecule has 0 radical (unpaired) electrons. The fourth-order valence-corrected chi connectivity index (χ4v) is 1.66. The van der Waals surface area contributed by atoms with E-state index in [2.05, 4.69) is 10.4 Å². The first kappa shape index (κ1) is 12.2. The summed E-state index contributed by atoms with van der Waals surface area (Å²) in [4.78, 5) is 11.8. The number of benzene rings is 1. The van der Waals surface area contributed by atoms with E-state index in [1.54, 1.807) is 41.3 Å². The fourth-order valence-electron chi connectivity index (χ4n) is 1.66. The second-order valence-corrected chi connectivity index (χ2v) is 3.98. The Bertz CT molecular complexity index is 549. The molecule has 2 rings (SSSR count). The SMILES string of the molecule is CCn1cc(NC(=O)Cc2cccc(O)c2)cn1. The normalized spacial score (nSPS) is 10.3. The minimum Gasteiger partial charge on any atom is -0.508 e. The standard InChI is InChI=1S/C13H15N3O2/c1-2-16-9-11(8-14-16)15-13(18)7-10-4-3-5-12(17)6-10/h3-6,8-9,17H,2,7H2,1H3,(H,15,18). The van der Waals surface area contributed by atoms with Crippen LogP contribution < -0.4 is 5.32 Å². The summed E-state index contributed by atoms with van der Waals surface area (Å²) in [5, 5.41) is 16.1. The van der Waals surface area contributed by atoms with Gasteiger partial charge in [-0.15, -0.1) is 0 Å². The molecule has 1 aromatic heterocycles. The van der Waals surface area contributed by atoms with Gasteiger partial charge in [0.05, 0.1) is 18.3 Å². The fraction of sp³-hybridized carbons (Fsp3) is 0.231. The van der Waals surface area contributed by atoms with Crippen LogP contribution in [0.2, 0.25) is 0 Å². The third-order valence-electron chi connectivity index (χ3n) is 2.52. The minimum atomic E-state index is -0.128. The van der Waals surface area contributed by atoms with E-state index in [4.69, 9.17) is 0 Å². The van der Waals surface area contributed by atoms with Gasteiger partial charge < -0.3 is 10.4 Å². The Morgan fingerprint density at radius 1 is 1.50 bits per heavy atom. The quantitative estimate of drug-likeness (QED) is 0.863. The first-order chi connectivity index (χ1) is 8.67. The maximum Gasteiger partial charge on any atom is 0.228 e. The van der Waals surface area contributed by atoms with Crippen molar-refractivity contribution < 1.29 is 9.90 Å². The predicted molar refractivity (Wildman–Crippen MR) is 68.3 cm³/mol. The molecule has 5 heteroatoms. The molecule has 0 saturated carbocycles. The average Bonchev–Trinajstić information content (AvgIpc) is 2.76. The van der Waals surface area contributed by atoms with Crippen LogP contribution >= 0.6 is 0 Å². The minimum absolute atomic E-state index is 0.128. The third-order valence-corrected chi connectivity index (χ3v) is 2.52. The number of nitrogens with zero attached hydrogens (tertiary/aromatic N) is 2. The molecule has 1 amide bonds. The molecular formula is C13H15N3O2. The molecule has 2 aromatic rings. The van der Waals surface area contributed by atoms with Crippen molar-refractivity contribution in [1.29, 1.82) is 0 Å². The number of rotatable bonds is 4. The van der Waals surface area contributed by atoms with Crippen LogP contribution in [0.1, 0.15) is 12.5 Å². The number of phenolic OH excluding ortho intramolecular Hbond substituents is 1. The number of anilines is 1. The van der Waals surface area contributed by atoms with Gasteiger partial charge in [0.25, 0.3) is 0 Å². The predicted octanol–water partition coefficient (Wildman–Crippen LogP) is 1.79. The first-order valence-electron chi connectivity index (χ1n) is 5.77. The molecule has 0 aliphatic heterocycles. The zero-order valence-electron chi connectivity index (χ0n) is 10.1. The summed E-state index contributed by atoms with van der Waals surface area (Å²) in [7, 11) is 0. The van der Waals surface area contributed by atoms with Crippen LogP contribution in [0.25, 0.3) is 0 Å². The summed E-state index contributed by atoms with van der Waals surface area (Å²) in [5.74, 6) is 0.0374. The van der Waals surface area contributed by atoms with Gasteiger partial charge in [-0.05, 0) is 24.6 Å². The van der Waals surface area contributed by atoms with Gasteiger partial charge in [0.1, 0.15) is 5.75 Å².